The minimum atomic E-state index is -3.63. The van der Waals surface area contributed by atoms with Gasteiger partial charge in [-0.15, -0.1) is 0 Å². The number of hydrogen-bond acceptors (Lipinski definition) is 4. The van der Waals surface area contributed by atoms with Crippen molar-refractivity contribution in [2.45, 2.75) is 24.4 Å². The number of methoxy groups -OCH3 is 1. The highest BCUT2D eigenvalue weighted by molar-refractivity contribution is 7.89. The molecule has 0 bridgehead atoms. The average Bonchev–Trinajstić information content (AvgIpc) is 2.53. The van der Waals surface area contributed by atoms with Crippen molar-refractivity contribution in [3.05, 3.63) is 59.2 Å². The van der Waals surface area contributed by atoms with Crippen molar-refractivity contribution in [2.24, 2.45) is 5.14 Å². The fourth-order valence-corrected chi connectivity index (χ4v) is 3.49. The molecule has 0 radical (unpaired) electrons. The summed E-state index contributed by atoms with van der Waals surface area (Å²) in [6.45, 7) is 2.53. The molecule has 0 atom stereocenters. The third-order valence-electron chi connectivity index (χ3n) is 4.14. The Kier molecular flexibility index (Phi) is 4.39. The van der Waals surface area contributed by atoms with Gasteiger partial charge in [0.2, 0.25) is 10.0 Å². The van der Waals surface area contributed by atoms with Crippen molar-refractivity contribution < 1.29 is 13.2 Å². The molecular weight excluding hydrogens is 312 g/mol. The lowest BCUT2D eigenvalue weighted by Gasteiger charge is -2.29. The number of fused-ring (bicyclic) bond motifs is 1. The maximum atomic E-state index is 11.4. The zero-order chi connectivity index (χ0) is 16.4. The summed E-state index contributed by atoms with van der Waals surface area (Å²) in [5.74, 6) is 0.859. The smallest absolute Gasteiger partial charge is 0.238 e. The van der Waals surface area contributed by atoms with Gasteiger partial charge in [0, 0.05) is 19.6 Å². The van der Waals surface area contributed by atoms with E-state index >= 15 is 0 Å². The Labute approximate surface area is 136 Å². The van der Waals surface area contributed by atoms with E-state index < -0.39 is 10.0 Å². The molecule has 0 saturated heterocycles. The first-order valence-corrected chi connectivity index (χ1v) is 9.00. The van der Waals surface area contributed by atoms with E-state index in [-0.39, 0.29) is 4.90 Å². The minimum absolute atomic E-state index is 0.192. The largest absolute Gasteiger partial charge is 0.497 e. The van der Waals surface area contributed by atoms with Crippen LogP contribution in [0.3, 0.4) is 0 Å². The molecule has 0 fully saturated rings. The number of nitrogens with zero attached hydrogens (tertiary/aromatic N) is 1. The third kappa shape index (κ3) is 3.72. The molecule has 3 rings (SSSR count). The van der Waals surface area contributed by atoms with Crippen LogP contribution >= 0.6 is 0 Å². The fourth-order valence-electron chi connectivity index (χ4n) is 2.93. The molecule has 2 aromatic carbocycles. The van der Waals surface area contributed by atoms with Crippen molar-refractivity contribution in [1.82, 2.24) is 4.90 Å². The van der Waals surface area contributed by atoms with Gasteiger partial charge in [-0.25, -0.2) is 13.6 Å². The van der Waals surface area contributed by atoms with Crippen LogP contribution < -0.4 is 9.88 Å². The van der Waals surface area contributed by atoms with Crippen LogP contribution in [0, 0.1) is 0 Å². The molecule has 1 aliphatic rings. The number of nitrogens with two attached hydrogens (primary N) is 1. The van der Waals surface area contributed by atoms with Gasteiger partial charge < -0.3 is 4.74 Å². The normalized spacial score (nSPS) is 15.2. The van der Waals surface area contributed by atoms with E-state index in [4.69, 9.17) is 9.88 Å². The highest BCUT2D eigenvalue weighted by Gasteiger charge is 2.19. The van der Waals surface area contributed by atoms with Crippen molar-refractivity contribution in [1.29, 1.82) is 0 Å². The van der Waals surface area contributed by atoms with Crippen LogP contribution in [0.2, 0.25) is 0 Å². The van der Waals surface area contributed by atoms with E-state index in [9.17, 15) is 8.42 Å². The minimum Gasteiger partial charge on any atom is -0.497 e. The molecule has 1 aliphatic heterocycles. The van der Waals surface area contributed by atoms with Gasteiger partial charge in [0.25, 0.3) is 0 Å². The van der Waals surface area contributed by atoms with Gasteiger partial charge in [-0.3, -0.25) is 4.90 Å². The van der Waals surface area contributed by atoms with E-state index in [1.54, 1.807) is 19.2 Å². The molecular formula is C17H20N2O3S. The Bertz CT molecular complexity index is 818. The van der Waals surface area contributed by atoms with Crippen LogP contribution in [0.5, 0.6) is 5.75 Å². The molecule has 0 saturated carbocycles. The monoisotopic (exact) mass is 332 g/mol. The Morgan fingerprint density at radius 3 is 2.74 bits per heavy atom. The number of primary sulfonamides is 1. The van der Waals surface area contributed by atoms with Crippen LogP contribution in [0.1, 0.15) is 16.7 Å². The number of ether oxygens (including phenoxy) is 1. The molecule has 0 unspecified atom stereocenters. The Balaban J connectivity index is 1.75. The van der Waals surface area contributed by atoms with Crippen LogP contribution in [0.25, 0.3) is 0 Å². The number of sulfonamides is 1. The number of rotatable bonds is 4. The summed E-state index contributed by atoms with van der Waals surface area (Å²) in [5.41, 5.74) is 3.43. The van der Waals surface area contributed by atoms with E-state index in [1.165, 1.54) is 5.56 Å². The first-order chi connectivity index (χ1) is 11.0. The SMILES string of the molecule is COc1cccc(CN2CCc3cc(S(N)(=O)=O)ccc3C2)c1. The van der Waals surface area contributed by atoms with E-state index in [1.807, 2.05) is 24.3 Å². The second-order valence-electron chi connectivity index (χ2n) is 5.79. The summed E-state index contributed by atoms with van der Waals surface area (Å²) in [6.07, 6.45) is 0.822. The molecule has 0 aliphatic carbocycles. The maximum absolute atomic E-state index is 11.4. The maximum Gasteiger partial charge on any atom is 0.238 e. The molecule has 23 heavy (non-hydrogen) atoms. The first kappa shape index (κ1) is 16.0. The molecule has 0 aromatic heterocycles. The van der Waals surface area contributed by atoms with Crippen LogP contribution in [0.4, 0.5) is 0 Å². The molecule has 122 valence electrons. The highest BCUT2D eigenvalue weighted by Crippen LogP contribution is 2.24. The topological polar surface area (TPSA) is 72.6 Å². The first-order valence-electron chi connectivity index (χ1n) is 7.45. The van der Waals surface area contributed by atoms with E-state index in [0.717, 1.165) is 42.9 Å². The van der Waals surface area contributed by atoms with Crippen LogP contribution in [0.15, 0.2) is 47.4 Å². The standard InChI is InChI=1S/C17H20N2O3S/c1-22-16-4-2-3-13(9-16)11-19-8-7-14-10-17(23(18,20)21)6-5-15(14)12-19/h2-6,9-10H,7-8,11-12H2,1H3,(H2,18,20,21). The Morgan fingerprint density at radius 2 is 2.00 bits per heavy atom. The zero-order valence-electron chi connectivity index (χ0n) is 13.0. The Morgan fingerprint density at radius 1 is 1.17 bits per heavy atom. The van der Waals surface area contributed by atoms with Crippen molar-refractivity contribution in [3.8, 4) is 5.75 Å². The predicted molar refractivity (Wildman–Crippen MR) is 88.6 cm³/mol. The van der Waals surface area contributed by atoms with Crippen LogP contribution in [-0.2, 0) is 29.5 Å². The third-order valence-corrected chi connectivity index (χ3v) is 5.05. The highest BCUT2D eigenvalue weighted by atomic mass is 32.2. The van der Waals surface area contributed by atoms with Gasteiger partial charge in [-0.05, 0) is 47.4 Å². The lowest BCUT2D eigenvalue weighted by atomic mass is 9.99. The van der Waals surface area contributed by atoms with Gasteiger partial charge in [0.1, 0.15) is 5.75 Å². The quantitative estimate of drug-likeness (QED) is 0.928. The average molecular weight is 332 g/mol. The summed E-state index contributed by atoms with van der Waals surface area (Å²) in [7, 11) is -1.97. The fraction of sp³-hybridized carbons (Fsp3) is 0.294. The summed E-state index contributed by atoms with van der Waals surface area (Å²) in [4.78, 5) is 2.53. The number of benzene rings is 2. The van der Waals surface area contributed by atoms with Gasteiger partial charge in [-0.2, -0.15) is 0 Å². The predicted octanol–water partition coefficient (Wildman–Crippen LogP) is 1.90. The summed E-state index contributed by atoms with van der Waals surface area (Å²) >= 11 is 0. The summed E-state index contributed by atoms with van der Waals surface area (Å²) < 4.78 is 28.1. The van der Waals surface area contributed by atoms with Gasteiger partial charge in [0.15, 0.2) is 0 Å². The van der Waals surface area contributed by atoms with E-state index in [0.29, 0.717) is 0 Å². The van der Waals surface area contributed by atoms with Crippen molar-refractivity contribution in [2.75, 3.05) is 13.7 Å². The summed E-state index contributed by atoms with van der Waals surface area (Å²) in [6, 6.07) is 13.2. The van der Waals surface area contributed by atoms with Crippen LogP contribution in [-0.4, -0.2) is 27.0 Å². The lowest BCUT2D eigenvalue weighted by Crippen LogP contribution is -2.30. The van der Waals surface area contributed by atoms with Gasteiger partial charge in [-0.1, -0.05) is 18.2 Å². The van der Waals surface area contributed by atoms with Crippen molar-refractivity contribution in [3.63, 3.8) is 0 Å². The van der Waals surface area contributed by atoms with E-state index in [2.05, 4.69) is 11.0 Å². The molecule has 6 heteroatoms. The summed E-state index contributed by atoms with van der Waals surface area (Å²) in [5, 5.41) is 5.20. The molecule has 5 nitrogen and oxygen atoms in total. The zero-order valence-corrected chi connectivity index (χ0v) is 13.8. The van der Waals surface area contributed by atoms with Crippen molar-refractivity contribution >= 4 is 10.0 Å². The second-order valence-corrected chi connectivity index (χ2v) is 7.35. The lowest BCUT2D eigenvalue weighted by molar-refractivity contribution is 0.245. The molecule has 0 spiro atoms. The van der Waals surface area contributed by atoms with Gasteiger partial charge >= 0.3 is 0 Å². The molecule has 2 N–H and O–H groups in total. The molecule has 1 heterocycles. The molecule has 2 aromatic rings. The number of hydrogen-bond donors (Lipinski definition) is 1. The molecule has 0 amide bonds. The second kappa shape index (κ2) is 6.31. The van der Waals surface area contributed by atoms with Gasteiger partial charge in [0.05, 0.1) is 12.0 Å². The Hall–Kier alpha value is -1.89.